The van der Waals surface area contributed by atoms with Gasteiger partial charge in [-0.1, -0.05) is 156 Å². The lowest BCUT2D eigenvalue weighted by Crippen LogP contribution is -1.87. The topological polar surface area (TPSA) is 0 Å². The molecule has 1 aliphatic heterocycles. The second-order valence-electron chi connectivity index (χ2n) is 23.7. The molecule has 86 heavy (non-hydrogen) atoms. The number of fused-ring (bicyclic) bond motifs is 20. The van der Waals surface area contributed by atoms with Gasteiger partial charge in [0.15, 0.2) is 0 Å². The van der Waals surface area contributed by atoms with Gasteiger partial charge in [-0.25, -0.2) is 0 Å². The average molecular weight is 1290 g/mol. The predicted molar refractivity (Wildman–Crippen MR) is 390 cm³/mol. The zero-order chi connectivity index (χ0) is 59.4. The van der Waals surface area contributed by atoms with Crippen molar-refractivity contribution in [1.82, 2.24) is 0 Å². The van der Waals surface area contributed by atoms with Gasteiger partial charge in [0, 0.05) is 58.5 Å². The molecule has 9 rings (SSSR count). The van der Waals surface area contributed by atoms with Crippen molar-refractivity contribution in [2.75, 3.05) is 0 Å². The van der Waals surface area contributed by atoms with E-state index in [1.54, 1.807) is 0 Å². The summed E-state index contributed by atoms with van der Waals surface area (Å²) in [6.45, 7) is 9.24. The van der Waals surface area contributed by atoms with Crippen LogP contribution in [0.15, 0.2) is 72.8 Å². The van der Waals surface area contributed by atoms with Gasteiger partial charge < -0.3 is 0 Å². The standard InChI is InChI=1S/C78H92S8/c1-5-9-13-17-21-25-35-59-55-67-41-31-32-42-68-56-60(36-26-22-18-14-10-6-2)76(84-68)74-54-50-66(82-74)44-34-46-70-58-62(38-28-24-20-16-12-8-4)78(86-70)72-52-48-64(80-72)40-30-29-39-63-47-51-71(79-63)77-61(37-27-23-19-15-11-7-3)57-69(85-77)45-33-43-65-49-53-73(81-65)75(59)83-67/h47-58H,5-28,33-38,43-46H2,1-4H3. The lowest BCUT2D eigenvalue weighted by Gasteiger charge is -2.03. The zero-order valence-electron chi connectivity index (χ0n) is 52.2. The van der Waals surface area contributed by atoms with Crippen molar-refractivity contribution in [2.24, 2.45) is 0 Å². The lowest BCUT2D eigenvalue weighted by molar-refractivity contribution is 0.608. The summed E-state index contributed by atoms with van der Waals surface area (Å²) < 4.78 is 0. The molecule has 0 saturated carbocycles. The van der Waals surface area contributed by atoms with Crippen molar-refractivity contribution >= 4 is 90.7 Å². The molecule has 8 aromatic rings. The first-order valence-corrected chi connectivity index (χ1v) is 39.9. The van der Waals surface area contributed by atoms with Crippen LogP contribution >= 0.6 is 90.7 Å². The van der Waals surface area contributed by atoms with E-state index in [0.717, 1.165) is 83.7 Å². The van der Waals surface area contributed by atoms with Crippen LogP contribution in [0.4, 0.5) is 0 Å². The molecule has 16 bridgehead atoms. The predicted octanol–water partition coefficient (Wildman–Crippen LogP) is 25.9. The van der Waals surface area contributed by atoms with E-state index in [1.807, 2.05) is 90.7 Å². The van der Waals surface area contributed by atoms with Crippen LogP contribution < -0.4 is 0 Å². The summed E-state index contributed by atoms with van der Waals surface area (Å²) in [5.41, 5.74) is 5.99. The van der Waals surface area contributed by atoms with E-state index in [1.165, 1.54) is 235 Å². The highest BCUT2D eigenvalue weighted by molar-refractivity contribution is 7.24. The molecular weight excluding hydrogens is 1190 g/mol. The van der Waals surface area contributed by atoms with Crippen LogP contribution in [0.25, 0.3) is 39.0 Å². The van der Waals surface area contributed by atoms with Crippen molar-refractivity contribution in [3.8, 4) is 86.4 Å². The molecule has 0 spiro atoms. The molecule has 0 unspecified atom stereocenters. The van der Waals surface area contributed by atoms with Gasteiger partial charge in [-0.15, -0.1) is 90.7 Å². The third kappa shape index (κ3) is 21.0. The van der Waals surface area contributed by atoms with Gasteiger partial charge in [0.25, 0.3) is 0 Å². The highest BCUT2D eigenvalue weighted by Gasteiger charge is 2.19. The molecule has 0 saturated heterocycles. The summed E-state index contributed by atoms with van der Waals surface area (Å²) in [5, 5.41) is 0. The van der Waals surface area contributed by atoms with E-state index in [4.69, 9.17) is 0 Å². The summed E-state index contributed by atoms with van der Waals surface area (Å²) in [7, 11) is 0. The molecule has 0 fully saturated rings. The van der Waals surface area contributed by atoms with Crippen molar-refractivity contribution in [3.63, 3.8) is 0 Å². The van der Waals surface area contributed by atoms with Gasteiger partial charge in [-0.2, -0.15) is 0 Å². The maximum Gasteiger partial charge on any atom is 0.0788 e. The highest BCUT2D eigenvalue weighted by Crippen LogP contribution is 2.43. The number of rotatable bonds is 28. The Bertz CT molecular complexity index is 3330. The maximum absolute atomic E-state index is 3.55. The second-order valence-corrected chi connectivity index (χ2v) is 32.6. The van der Waals surface area contributed by atoms with Gasteiger partial charge in [0.2, 0.25) is 0 Å². The molecule has 0 aromatic carbocycles. The normalized spacial score (nSPS) is 12.5. The Hall–Kier alpha value is -4.16. The first-order chi connectivity index (χ1) is 42.5. The van der Waals surface area contributed by atoms with Gasteiger partial charge in [0.05, 0.1) is 19.5 Å². The van der Waals surface area contributed by atoms with Crippen molar-refractivity contribution < 1.29 is 0 Å². The van der Waals surface area contributed by atoms with E-state index in [2.05, 4.69) is 148 Å². The molecule has 9 heterocycles. The first kappa shape index (κ1) is 66.3. The fourth-order valence-corrected chi connectivity index (χ4v) is 20.8. The molecule has 0 nitrogen and oxygen atoms in total. The van der Waals surface area contributed by atoms with Crippen LogP contribution in [0.2, 0.25) is 0 Å². The molecule has 452 valence electrons. The Morgan fingerprint density at radius 2 is 0.558 bits per heavy atom. The molecule has 0 amide bonds. The van der Waals surface area contributed by atoms with Crippen LogP contribution in [0.1, 0.15) is 256 Å². The molecule has 0 radical (unpaired) electrons. The smallest absolute Gasteiger partial charge is 0.0788 e. The Morgan fingerprint density at radius 3 is 0.930 bits per heavy atom. The number of unbranched alkanes of at least 4 members (excludes halogenated alkanes) is 20. The third-order valence-corrected chi connectivity index (χ3v) is 26.2. The molecular formula is C78H92S8. The molecule has 8 aromatic heterocycles. The maximum atomic E-state index is 3.55. The third-order valence-electron chi connectivity index (χ3n) is 16.5. The van der Waals surface area contributed by atoms with Gasteiger partial charge in [-0.05, 0) is 232 Å². The molecule has 8 heteroatoms. The molecule has 1 aliphatic rings. The molecule has 0 atom stereocenters. The minimum atomic E-state index is 1.09. The van der Waals surface area contributed by atoms with Crippen LogP contribution in [-0.4, -0.2) is 0 Å². The van der Waals surface area contributed by atoms with Crippen molar-refractivity contribution in [1.29, 1.82) is 0 Å². The highest BCUT2D eigenvalue weighted by atomic mass is 32.1. The number of thiophene rings is 8. The van der Waals surface area contributed by atoms with Crippen LogP contribution in [0, 0.1) is 47.4 Å². The Kier molecular flexibility index (Phi) is 28.6. The summed E-state index contributed by atoms with van der Waals surface area (Å²) in [5.74, 6) is 27.2. The number of hydrogen-bond donors (Lipinski definition) is 0. The second kappa shape index (κ2) is 37.1. The first-order valence-electron chi connectivity index (χ1n) is 33.4. The fourth-order valence-electron chi connectivity index (χ4n) is 11.7. The van der Waals surface area contributed by atoms with Gasteiger partial charge in [0.1, 0.15) is 0 Å². The summed E-state index contributed by atoms with van der Waals surface area (Å²) in [4.78, 5) is 21.7. The van der Waals surface area contributed by atoms with E-state index in [9.17, 15) is 0 Å². The minimum absolute atomic E-state index is 1.09. The summed E-state index contributed by atoms with van der Waals surface area (Å²) in [6.07, 6.45) is 42.7. The largest absolute Gasteiger partial charge is 0.139 e. The van der Waals surface area contributed by atoms with E-state index < -0.39 is 0 Å². The average Bonchev–Trinajstić information content (AvgIpc) is 2.77. The lowest BCUT2D eigenvalue weighted by atomic mass is 10.0. The number of hydrogen-bond acceptors (Lipinski definition) is 8. The van der Waals surface area contributed by atoms with Crippen molar-refractivity contribution in [2.45, 2.75) is 246 Å². The SMILES string of the molecule is CCCCCCCCc1cc2sc1-c1ccc(s1)CCCc1cc(CCCCCCCC)c(s1)-c1ccc(s1)C#CC#Cc1ccc(s1)-c1sc(cc1CCCCCCCC)CCCc1ccc(s1)-c1sc(cc1CCCCCCCC)C#CC#C2. The quantitative estimate of drug-likeness (QED) is 0.0339. The van der Waals surface area contributed by atoms with E-state index in [0.29, 0.717) is 0 Å². The molecule has 0 N–H and O–H groups in total. The number of aryl methyl sites for hydroxylation is 8. The van der Waals surface area contributed by atoms with Crippen molar-refractivity contribution in [3.05, 3.63) is 134 Å². The van der Waals surface area contributed by atoms with Crippen LogP contribution in [0.3, 0.4) is 0 Å². The fraction of sp³-hybridized carbons (Fsp3) is 0.487. The summed E-state index contributed by atoms with van der Waals surface area (Å²) >= 11 is 15.5. The zero-order valence-corrected chi connectivity index (χ0v) is 58.8. The minimum Gasteiger partial charge on any atom is -0.139 e. The Morgan fingerprint density at radius 1 is 0.267 bits per heavy atom. The van der Waals surface area contributed by atoms with Gasteiger partial charge in [-0.3, -0.25) is 0 Å². The monoisotopic (exact) mass is 1280 g/mol. The van der Waals surface area contributed by atoms with Gasteiger partial charge >= 0.3 is 0 Å². The van der Waals surface area contributed by atoms with E-state index >= 15 is 0 Å². The summed E-state index contributed by atoms with van der Waals surface area (Å²) in [6, 6.07) is 28.6. The van der Waals surface area contributed by atoms with Crippen LogP contribution in [0.5, 0.6) is 0 Å². The Balaban J connectivity index is 0.996. The Labute approximate surface area is 552 Å². The van der Waals surface area contributed by atoms with E-state index in [-0.39, 0.29) is 0 Å². The molecule has 0 aliphatic carbocycles. The van der Waals surface area contributed by atoms with Crippen LogP contribution in [-0.2, 0) is 51.4 Å².